The number of aryl methyl sites for hydroxylation is 1. The van der Waals surface area contributed by atoms with Gasteiger partial charge in [-0.25, -0.2) is 9.97 Å². The predicted molar refractivity (Wildman–Crippen MR) is 149 cm³/mol. The third-order valence-electron chi connectivity index (χ3n) is 6.49. The van der Waals surface area contributed by atoms with E-state index in [-0.39, 0.29) is 29.7 Å². The van der Waals surface area contributed by atoms with Gasteiger partial charge >= 0.3 is 6.18 Å². The highest BCUT2D eigenvalue weighted by atomic mass is 19.4. The van der Waals surface area contributed by atoms with E-state index in [1.54, 1.807) is 22.7 Å². The molecule has 1 aromatic carbocycles. The van der Waals surface area contributed by atoms with Gasteiger partial charge in [-0.05, 0) is 30.2 Å². The van der Waals surface area contributed by atoms with Crippen LogP contribution in [0, 0.1) is 0 Å². The first-order valence-electron chi connectivity index (χ1n) is 13.3. The molecule has 0 bridgehead atoms. The normalized spacial score (nSPS) is 13.2. The van der Waals surface area contributed by atoms with Crippen LogP contribution >= 0.6 is 0 Å². The molecule has 16 heteroatoms. The second-order valence-corrected chi connectivity index (χ2v) is 9.29. The SMILES string of the molecule is CCc1cc(Nc2nccn3c(-c4cn(C5COC5)nc4C(F)(F)F)cnc23)ccc1C(=O)NCCOCCN.O=CO. The monoisotopic (exact) mass is 604 g/mol. The molecule has 3 aromatic heterocycles. The van der Waals surface area contributed by atoms with Crippen LogP contribution in [0.4, 0.5) is 24.7 Å². The number of carbonyl (C=O) groups is 2. The third kappa shape index (κ3) is 7.28. The van der Waals surface area contributed by atoms with Crippen molar-refractivity contribution in [3.8, 4) is 11.3 Å². The molecule has 13 nitrogen and oxygen atoms in total. The lowest BCUT2D eigenvalue weighted by atomic mass is 10.0. The number of imidazole rings is 1. The molecule has 0 unspecified atom stereocenters. The molecule has 4 aromatic rings. The molecule has 1 aliphatic rings. The van der Waals surface area contributed by atoms with Gasteiger partial charge in [0.2, 0.25) is 0 Å². The van der Waals surface area contributed by atoms with E-state index < -0.39 is 11.9 Å². The lowest BCUT2D eigenvalue weighted by Gasteiger charge is -2.26. The number of rotatable bonds is 11. The van der Waals surface area contributed by atoms with Gasteiger partial charge < -0.3 is 30.9 Å². The quantitative estimate of drug-likeness (QED) is 0.147. The minimum Gasteiger partial charge on any atom is -0.483 e. The molecule has 1 saturated heterocycles. The number of halogens is 3. The number of carboxylic acid groups (broad SMARTS) is 1. The first-order chi connectivity index (χ1) is 20.7. The first kappa shape index (κ1) is 31.4. The van der Waals surface area contributed by atoms with Crippen molar-refractivity contribution >= 4 is 29.5 Å². The minimum absolute atomic E-state index is 0.0823. The van der Waals surface area contributed by atoms with Crippen molar-refractivity contribution in [2.24, 2.45) is 5.73 Å². The Bertz CT molecular complexity index is 1550. The summed E-state index contributed by atoms with van der Waals surface area (Å²) in [6.07, 6.45) is 1.74. The molecular weight excluding hydrogens is 573 g/mol. The number of carbonyl (C=O) groups excluding carboxylic acids is 1. The van der Waals surface area contributed by atoms with Crippen LogP contribution in [0.2, 0.25) is 0 Å². The van der Waals surface area contributed by atoms with Gasteiger partial charge in [-0.1, -0.05) is 6.92 Å². The van der Waals surface area contributed by atoms with Crippen molar-refractivity contribution in [3.63, 3.8) is 0 Å². The van der Waals surface area contributed by atoms with E-state index in [4.69, 9.17) is 25.1 Å². The molecule has 4 heterocycles. The fraction of sp³-hybridized carbons (Fsp3) is 0.370. The predicted octanol–water partition coefficient (Wildman–Crippen LogP) is 2.89. The molecule has 5 rings (SSSR count). The number of alkyl halides is 3. The summed E-state index contributed by atoms with van der Waals surface area (Å²) >= 11 is 0. The summed E-state index contributed by atoms with van der Waals surface area (Å²) in [5, 5.41) is 16.7. The number of amides is 1. The van der Waals surface area contributed by atoms with Crippen LogP contribution < -0.4 is 16.4 Å². The van der Waals surface area contributed by atoms with E-state index in [9.17, 15) is 18.0 Å². The molecule has 230 valence electrons. The topological polar surface area (TPSA) is 171 Å². The molecule has 43 heavy (non-hydrogen) atoms. The van der Waals surface area contributed by atoms with E-state index in [0.717, 1.165) is 5.56 Å². The van der Waals surface area contributed by atoms with E-state index in [1.807, 2.05) is 13.0 Å². The third-order valence-corrected chi connectivity index (χ3v) is 6.49. The maximum Gasteiger partial charge on any atom is 0.435 e. The summed E-state index contributed by atoms with van der Waals surface area (Å²) in [4.78, 5) is 29.8. The van der Waals surface area contributed by atoms with E-state index in [0.29, 0.717) is 68.7 Å². The zero-order valence-corrected chi connectivity index (χ0v) is 23.2. The van der Waals surface area contributed by atoms with Gasteiger partial charge in [-0.15, -0.1) is 0 Å². The summed E-state index contributed by atoms with van der Waals surface area (Å²) in [6.45, 7) is 3.89. The zero-order valence-electron chi connectivity index (χ0n) is 23.2. The Hall–Kier alpha value is -4.54. The van der Waals surface area contributed by atoms with Gasteiger partial charge in [0.05, 0.1) is 49.9 Å². The van der Waals surface area contributed by atoms with Gasteiger partial charge in [-0.2, -0.15) is 18.3 Å². The average molecular weight is 605 g/mol. The molecule has 0 spiro atoms. The molecular formula is C27H31F3N8O5. The standard InChI is InChI=1S/C26H29F3N8O3.CH2O2/c1-2-16-11-17(3-4-19(16)25(38)32-7-10-39-9-5-30)34-23-24-33-12-21(36(24)8-6-31-23)20-13-37(18-14-40-15-18)35-22(20)26(27,28)29;2-1-3/h3-4,6,8,11-13,18H,2,5,7,9-10,14-15,30H2,1H3,(H,31,34)(H,32,38);1H,(H,2,3). The van der Waals surface area contributed by atoms with Gasteiger partial charge in [0.25, 0.3) is 12.4 Å². The van der Waals surface area contributed by atoms with Crippen molar-refractivity contribution in [2.75, 3.05) is 44.8 Å². The Kier molecular flexibility index (Phi) is 10.3. The molecule has 1 aliphatic heterocycles. The fourth-order valence-electron chi connectivity index (χ4n) is 4.40. The van der Waals surface area contributed by atoms with Crippen LogP contribution in [-0.2, 0) is 26.9 Å². The summed E-state index contributed by atoms with van der Waals surface area (Å²) in [5.41, 5.74) is 6.89. The number of anilines is 2. The molecule has 0 radical (unpaired) electrons. The highest BCUT2D eigenvalue weighted by Gasteiger charge is 2.39. The Morgan fingerprint density at radius 1 is 1.28 bits per heavy atom. The van der Waals surface area contributed by atoms with Gasteiger partial charge in [0, 0.05) is 42.9 Å². The molecule has 1 fully saturated rings. The Balaban J connectivity index is 0.00000135. The number of aromatic nitrogens is 5. The maximum atomic E-state index is 13.9. The Labute approximate surface area is 243 Å². The van der Waals surface area contributed by atoms with Crippen LogP contribution in [0.1, 0.15) is 34.6 Å². The van der Waals surface area contributed by atoms with Gasteiger partial charge in [0.1, 0.15) is 0 Å². The highest BCUT2D eigenvalue weighted by molar-refractivity contribution is 5.96. The Morgan fingerprint density at radius 3 is 2.70 bits per heavy atom. The van der Waals surface area contributed by atoms with Crippen LogP contribution in [0.3, 0.4) is 0 Å². The summed E-state index contributed by atoms with van der Waals surface area (Å²) in [7, 11) is 0. The molecule has 0 aliphatic carbocycles. The summed E-state index contributed by atoms with van der Waals surface area (Å²) < 4.78 is 54.9. The van der Waals surface area contributed by atoms with Crippen molar-refractivity contribution in [1.82, 2.24) is 29.5 Å². The van der Waals surface area contributed by atoms with E-state index in [1.165, 1.54) is 23.3 Å². The van der Waals surface area contributed by atoms with Crippen LogP contribution in [0.15, 0.2) is 43.0 Å². The largest absolute Gasteiger partial charge is 0.483 e. The number of benzene rings is 1. The molecule has 5 N–H and O–H groups in total. The fourth-order valence-corrected chi connectivity index (χ4v) is 4.40. The number of nitrogens with one attached hydrogen (secondary N) is 2. The van der Waals surface area contributed by atoms with Crippen molar-refractivity contribution in [2.45, 2.75) is 25.6 Å². The van der Waals surface area contributed by atoms with Crippen molar-refractivity contribution in [3.05, 3.63) is 59.8 Å². The second-order valence-electron chi connectivity index (χ2n) is 9.29. The molecule has 1 amide bonds. The molecule has 0 saturated carbocycles. The van der Waals surface area contributed by atoms with Crippen molar-refractivity contribution < 1.29 is 37.3 Å². The highest BCUT2D eigenvalue weighted by Crippen LogP contribution is 2.38. The number of nitrogens with zero attached hydrogens (tertiary/aromatic N) is 5. The summed E-state index contributed by atoms with van der Waals surface area (Å²) in [5.74, 6) is 0.130. The summed E-state index contributed by atoms with van der Waals surface area (Å²) in [6, 6.07) is 5.04. The Morgan fingerprint density at radius 2 is 2.05 bits per heavy atom. The average Bonchev–Trinajstić information content (AvgIpc) is 3.57. The van der Waals surface area contributed by atoms with Gasteiger partial charge in [-0.3, -0.25) is 18.7 Å². The van der Waals surface area contributed by atoms with Crippen LogP contribution in [-0.4, -0.2) is 81.2 Å². The molecule has 0 atom stereocenters. The lowest BCUT2D eigenvalue weighted by Crippen LogP contribution is -2.31. The second kappa shape index (κ2) is 14.1. The minimum atomic E-state index is -4.65. The van der Waals surface area contributed by atoms with Crippen LogP contribution in [0.5, 0.6) is 0 Å². The maximum absolute atomic E-state index is 13.9. The number of nitrogens with two attached hydrogens (primary N) is 1. The first-order valence-corrected chi connectivity index (χ1v) is 13.3. The number of hydrogen-bond donors (Lipinski definition) is 4. The smallest absolute Gasteiger partial charge is 0.435 e. The van der Waals surface area contributed by atoms with E-state index in [2.05, 4.69) is 25.7 Å². The zero-order chi connectivity index (χ0) is 31.0. The number of hydrogen-bond acceptors (Lipinski definition) is 9. The van der Waals surface area contributed by atoms with Gasteiger partial charge in [0.15, 0.2) is 17.2 Å². The van der Waals surface area contributed by atoms with Crippen molar-refractivity contribution in [1.29, 1.82) is 0 Å². The van der Waals surface area contributed by atoms with E-state index >= 15 is 0 Å². The number of ether oxygens (including phenoxy) is 2. The lowest BCUT2D eigenvalue weighted by molar-refractivity contribution is -0.141. The van der Waals surface area contributed by atoms with Crippen LogP contribution in [0.25, 0.3) is 16.9 Å². The number of fused-ring (bicyclic) bond motifs is 1.